The zero-order valence-electron chi connectivity index (χ0n) is 11.6. The standard InChI is InChI=1S/C16H11Cl3N2OS/c17-11-5-2-1-4-10(11)8-9-14(22)21-16(23)20-13-7-3-6-12(18)15(13)19/h1-9H,(H2,20,21,22,23)/b9-8+. The summed E-state index contributed by atoms with van der Waals surface area (Å²) in [6.07, 6.45) is 2.95. The molecule has 0 aliphatic heterocycles. The highest BCUT2D eigenvalue weighted by Gasteiger charge is 2.07. The predicted octanol–water partition coefficient (Wildman–Crippen LogP) is 5.17. The average molecular weight is 386 g/mol. The van der Waals surface area contributed by atoms with Crippen LogP contribution in [0.5, 0.6) is 0 Å². The molecule has 0 heterocycles. The number of thiocarbonyl (C=S) groups is 1. The van der Waals surface area contributed by atoms with Crippen molar-refractivity contribution in [2.24, 2.45) is 0 Å². The van der Waals surface area contributed by atoms with Crippen molar-refractivity contribution >= 4 is 69.8 Å². The van der Waals surface area contributed by atoms with Crippen molar-refractivity contribution in [3.8, 4) is 0 Å². The van der Waals surface area contributed by atoms with Crippen LogP contribution in [0.4, 0.5) is 5.69 Å². The van der Waals surface area contributed by atoms with Crippen LogP contribution in [0, 0.1) is 0 Å². The van der Waals surface area contributed by atoms with Crippen LogP contribution < -0.4 is 10.6 Å². The molecule has 0 atom stereocenters. The maximum atomic E-state index is 11.9. The van der Waals surface area contributed by atoms with Gasteiger partial charge >= 0.3 is 0 Å². The summed E-state index contributed by atoms with van der Waals surface area (Å²) in [6, 6.07) is 12.3. The Labute approximate surface area is 154 Å². The Bertz CT molecular complexity index is 778. The van der Waals surface area contributed by atoms with Gasteiger partial charge in [0.05, 0.1) is 15.7 Å². The summed E-state index contributed by atoms with van der Waals surface area (Å²) in [5.74, 6) is -0.388. The van der Waals surface area contributed by atoms with Crippen molar-refractivity contribution < 1.29 is 4.79 Å². The van der Waals surface area contributed by atoms with E-state index >= 15 is 0 Å². The highest BCUT2D eigenvalue weighted by atomic mass is 35.5. The summed E-state index contributed by atoms with van der Waals surface area (Å²) in [5, 5.41) is 6.73. The molecule has 0 aliphatic rings. The summed E-state index contributed by atoms with van der Waals surface area (Å²) < 4.78 is 0. The number of hydrogen-bond acceptors (Lipinski definition) is 2. The molecule has 2 N–H and O–H groups in total. The van der Waals surface area contributed by atoms with Crippen LogP contribution in [0.3, 0.4) is 0 Å². The van der Waals surface area contributed by atoms with Crippen LogP contribution in [-0.2, 0) is 4.79 Å². The number of rotatable bonds is 3. The Kier molecular flexibility index (Phi) is 6.42. The van der Waals surface area contributed by atoms with E-state index in [2.05, 4.69) is 10.6 Å². The first-order valence-corrected chi connectivity index (χ1v) is 8.00. The molecule has 0 saturated heterocycles. The van der Waals surface area contributed by atoms with E-state index in [1.807, 2.05) is 12.1 Å². The number of amides is 1. The van der Waals surface area contributed by atoms with Crippen molar-refractivity contribution in [2.45, 2.75) is 0 Å². The SMILES string of the molecule is O=C(/C=C/c1ccccc1Cl)NC(=S)Nc1cccc(Cl)c1Cl. The average Bonchev–Trinajstić information content (AvgIpc) is 2.51. The molecule has 0 spiro atoms. The molecule has 2 rings (SSSR count). The van der Waals surface area contributed by atoms with Gasteiger partial charge in [0, 0.05) is 11.1 Å². The molecule has 7 heteroatoms. The molecule has 0 aliphatic carbocycles. The first-order chi connectivity index (χ1) is 11.0. The predicted molar refractivity (Wildman–Crippen MR) is 101 cm³/mol. The highest BCUT2D eigenvalue weighted by molar-refractivity contribution is 7.80. The topological polar surface area (TPSA) is 41.1 Å². The van der Waals surface area contributed by atoms with E-state index in [-0.39, 0.29) is 11.0 Å². The fourth-order valence-electron chi connectivity index (χ4n) is 1.68. The fourth-order valence-corrected chi connectivity index (χ4v) is 2.44. The van der Waals surface area contributed by atoms with Gasteiger partial charge in [0.1, 0.15) is 0 Å². The van der Waals surface area contributed by atoms with E-state index in [1.165, 1.54) is 6.08 Å². The Hall–Kier alpha value is -1.59. The molecule has 0 saturated carbocycles. The lowest BCUT2D eigenvalue weighted by Gasteiger charge is -2.10. The number of benzene rings is 2. The zero-order valence-corrected chi connectivity index (χ0v) is 14.7. The van der Waals surface area contributed by atoms with E-state index in [0.29, 0.717) is 20.8 Å². The molecule has 3 nitrogen and oxygen atoms in total. The third kappa shape index (κ3) is 5.22. The van der Waals surface area contributed by atoms with E-state index in [4.69, 9.17) is 47.0 Å². The van der Waals surface area contributed by atoms with Gasteiger partial charge in [0.2, 0.25) is 5.91 Å². The quantitative estimate of drug-likeness (QED) is 0.565. The van der Waals surface area contributed by atoms with Gasteiger partial charge < -0.3 is 5.32 Å². The molecule has 0 aromatic heterocycles. The van der Waals surface area contributed by atoms with E-state index in [1.54, 1.807) is 36.4 Å². The third-order valence-corrected chi connectivity index (χ3v) is 4.12. The lowest BCUT2D eigenvalue weighted by Crippen LogP contribution is -2.32. The van der Waals surface area contributed by atoms with Gasteiger partial charge in [0.25, 0.3) is 0 Å². The molecule has 2 aromatic carbocycles. The minimum Gasteiger partial charge on any atom is -0.331 e. The van der Waals surface area contributed by atoms with E-state index in [9.17, 15) is 4.79 Å². The summed E-state index contributed by atoms with van der Waals surface area (Å²) in [7, 11) is 0. The van der Waals surface area contributed by atoms with E-state index < -0.39 is 0 Å². The number of hydrogen-bond donors (Lipinski definition) is 2. The number of carbonyl (C=O) groups is 1. The molecule has 0 bridgehead atoms. The largest absolute Gasteiger partial charge is 0.331 e. The number of nitrogens with one attached hydrogen (secondary N) is 2. The van der Waals surface area contributed by atoms with Gasteiger partial charge in [-0.25, -0.2) is 0 Å². The van der Waals surface area contributed by atoms with Gasteiger partial charge in [-0.05, 0) is 42.1 Å². The van der Waals surface area contributed by atoms with Crippen LogP contribution in [0.15, 0.2) is 48.5 Å². The summed E-state index contributed by atoms with van der Waals surface area (Å²) in [4.78, 5) is 11.9. The third-order valence-electron chi connectivity index (χ3n) is 2.76. The van der Waals surface area contributed by atoms with Crippen LogP contribution in [0.25, 0.3) is 6.08 Å². The minimum absolute atomic E-state index is 0.114. The van der Waals surface area contributed by atoms with Crippen LogP contribution >= 0.6 is 47.0 Å². The van der Waals surface area contributed by atoms with Crippen molar-refractivity contribution in [1.29, 1.82) is 0 Å². The summed E-state index contributed by atoms with van der Waals surface area (Å²) in [5.41, 5.74) is 1.25. The number of carbonyl (C=O) groups excluding carboxylic acids is 1. The second kappa shape index (κ2) is 8.31. The second-order valence-electron chi connectivity index (χ2n) is 4.40. The first kappa shape index (κ1) is 17.8. The lowest BCUT2D eigenvalue weighted by atomic mass is 10.2. The van der Waals surface area contributed by atoms with Crippen LogP contribution in [0.1, 0.15) is 5.56 Å². The van der Waals surface area contributed by atoms with Crippen molar-refractivity contribution in [3.63, 3.8) is 0 Å². The summed E-state index contributed by atoms with van der Waals surface area (Å²) in [6.45, 7) is 0. The van der Waals surface area contributed by atoms with Gasteiger partial charge in [-0.2, -0.15) is 0 Å². The van der Waals surface area contributed by atoms with Crippen molar-refractivity contribution in [2.75, 3.05) is 5.32 Å². The molecular weight excluding hydrogens is 375 g/mol. The Balaban J connectivity index is 1.96. The van der Waals surface area contributed by atoms with Gasteiger partial charge in [0.15, 0.2) is 5.11 Å². The molecule has 118 valence electrons. The van der Waals surface area contributed by atoms with Crippen molar-refractivity contribution in [1.82, 2.24) is 5.32 Å². The van der Waals surface area contributed by atoms with Gasteiger partial charge in [-0.1, -0.05) is 59.1 Å². The van der Waals surface area contributed by atoms with Crippen molar-refractivity contribution in [3.05, 3.63) is 69.2 Å². The van der Waals surface area contributed by atoms with Gasteiger partial charge in [-0.3, -0.25) is 10.1 Å². The Morgan fingerprint density at radius 3 is 2.43 bits per heavy atom. The van der Waals surface area contributed by atoms with Gasteiger partial charge in [-0.15, -0.1) is 0 Å². The summed E-state index contributed by atoms with van der Waals surface area (Å²) >= 11 is 23.0. The molecule has 1 amide bonds. The zero-order chi connectivity index (χ0) is 16.8. The molecular formula is C16H11Cl3N2OS. The first-order valence-electron chi connectivity index (χ1n) is 6.46. The molecule has 0 fully saturated rings. The van der Waals surface area contributed by atoms with E-state index in [0.717, 1.165) is 5.56 Å². The maximum Gasteiger partial charge on any atom is 0.250 e. The number of anilines is 1. The molecule has 0 radical (unpaired) electrons. The Morgan fingerprint density at radius 2 is 1.70 bits per heavy atom. The number of halogens is 3. The molecule has 2 aromatic rings. The monoisotopic (exact) mass is 384 g/mol. The van der Waals surface area contributed by atoms with Crippen LogP contribution in [0.2, 0.25) is 15.1 Å². The second-order valence-corrected chi connectivity index (χ2v) is 6.00. The highest BCUT2D eigenvalue weighted by Crippen LogP contribution is 2.29. The fraction of sp³-hybridized carbons (Fsp3) is 0. The lowest BCUT2D eigenvalue weighted by molar-refractivity contribution is -0.115. The molecule has 0 unspecified atom stereocenters. The minimum atomic E-state index is -0.388. The normalized spacial score (nSPS) is 10.6. The smallest absolute Gasteiger partial charge is 0.250 e. The molecule has 23 heavy (non-hydrogen) atoms. The van der Waals surface area contributed by atoms with Crippen LogP contribution in [-0.4, -0.2) is 11.0 Å². The maximum absolute atomic E-state index is 11.9. The Morgan fingerprint density at radius 1 is 1.00 bits per heavy atom.